The van der Waals surface area contributed by atoms with Crippen LogP contribution in [0.1, 0.15) is 11.1 Å². The van der Waals surface area contributed by atoms with E-state index in [-0.39, 0.29) is 11.4 Å². The molecule has 0 spiro atoms. The molecule has 1 aromatic heterocycles. The van der Waals surface area contributed by atoms with E-state index in [4.69, 9.17) is 4.74 Å². The summed E-state index contributed by atoms with van der Waals surface area (Å²) in [5.74, 6) is -0.477. The van der Waals surface area contributed by atoms with Crippen molar-refractivity contribution in [2.75, 3.05) is 19.0 Å². The number of anilines is 1. The highest BCUT2D eigenvalue weighted by atomic mass is 32.2. The fourth-order valence-corrected chi connectivity index (χ4v) is 4.99. The molecule has 4 aromatic rings. The van der Waals surface area contributed by atoms with Gasteiger partial charge in [0.1, 0.15) is 12.3 Å². The number of para-hydroxylation sites is 3. The van der Waals surface area contributed by atoms with E-state index in [0.29, 0.717) is 18.0 Å². The Kier molecular flexibility index (Phi) is 6.60. The van der Waals surface area contributed by atoms with Crippen molar-refractivity contribution in [1.82, 2.24) is 9.47 Å². The number of thioether (sulfide) groups is 1. The first kappa shape index (κ1) is 23.4. The second kappa shape index (κ2) is 10.1. The van der Waals surface area contributed by atoms with Gasteiger partial charge in [0.2, 0.25) is 5.91 Å². The number of aromatic nitrogens is 1. The molecule has 0 bridgehead atoms. The average Bonchev–Trinajstić information content (AvgIpc) is 3.36. The molecule has 180 valence electrons. The number of carbonyl (C=O) groups excluding carboxylic acids is 3. The van der Waals surface area contributed by atoms with Gasteiger partial charge in [-0.3, -0.25) is 19.3 Å². The summed E-state index contributed by atoms with van der Waals surface area (Å²) < 4.78 is 7.37. The Morgan fingerprint density at radius 3 is 2.50 bits per heavy atom. The van der Waals surface area contributed by atoms with Gasteiger partial charge in [-0.15, -0.1) is 0 Å². The van der Waals surface area contributed by atoms with Crippen LogP contribution in [0.2, 0.25) is 0 Å². The van der Waals surface area contributed by atoms with E-state index >= 15 is 0 Å². The van der Waals surface area contributed by atoms with E-state index < -0.39 is 17.1 Å². The molecule has 5 rings (SSSR count). The van der Waals surface area contributed by atoms with Gasteiger partial charge < -0.3 is 14.6 Å². The molecule has 1 saturated heterocycles. The van der Waals surface area contributed by atoms with Gasteiger partial charge in [-0.1, -0.05) is 60.7 Å². The lowest BCUT2D eigenvalue weighted by molar-refractivity contribution is -0.127. The van der Waals surface area contributed by atoms with E-state index in [1.807, 2.05) is 48.7 Å². The molecule has 0 atom stereocenters. The van der Waals surface area contributed by atoms with Crippen LogP contribution in [0.3, 0.4) is 0 Å². The summed E-state index contributed by atoms with van der Waals surface area (Å²) >= 11 is 0.839. The minimum atomic E-state index is -0.486. The number of amides is 3. The third kappa shape index (κ3) is 4.76. The number of nitrogens with zero attached hydrogens (tertiary/aromatic N) is 2. The van der Waals surface area contributed by atoms with E-state index in [1.165, 1.54) is 7.11 Å². The molecule has 2 heterocycles. The fourth-order valence-electron chi connectivity index (χ4n) is 4.16. The molecule has 1 N–H and O–H groups in total. The highest BCUT2D eigenvalue weighted by Gasteiger charge is 2.36. The molecule has 3 amide bonds. The molecule has 1 fully saturated rings. The normalized spacial score (nSPS) is 14.6. The van der Waals surface area contributed by atoms with Gasteiger partial charge in [-0.2, -0.15) is 0 Å². The smallest absolute Gasteiger partial charge is 0.294 e. The maximum absolute atomic E-state index is 13.1. The second-order valence-corrected chi connectivity index (χ2v) is 9.22. The summed E-state index contributed by atoms with van der Waals surface area (Å²) in [6.07, 6.45) is 3.72. The van der Waals surface area contributed by atoms with Crippen LogP contribution in [0.25, 0.3) is 17.0 Å². The molecule has 3 aromatic carbocycles. The number of carbonyl (C=O) groups is 3. The van der Waals surface area contributed by atoms with Crippen LogP contribution in [-0.4, -0.2) is 40.2 Å². The molecule has 0 saturated carbocycles. The number of hydrogen-bond donors (Lipinski definition) is 1. The number of methoxy groups -OCH3 is 1. The summed E-state index contributed by atoms with van der Waals surface area (Å²) in [7, 11) is 1.50. The van der Waals surface area contributed by atoms with Crippen molar-refractivity contribution < 1.29 is 19.1 Å². The van der Waals surface area contributed by atoms with Gasteiger partial charge in [-0.05, 0) is 41.6 Å². The molecule has 1 aliphatic heterocycles. The Morgan fingerprint density at radius 2 is 1.69 bits per heavy atom. The van der Waals surface area contributed by atoms with E-state index in [1.54, 1.807) is 30.3 Å². The van der Waals surface area contributed by atoms with Crippen LogP contribution < -0.4 is 10.1 Å². The molecule has 1 aliphatic rings. The highest BCUT2D eigenvalue weighted by Crippen LogP contribution is 2.34. The summed E-state index contributed by atoms with van der Waals surface area (Å²) in [5, 5.41) is 3.21. The number of imide groups is 1. The van der Waals surface area contributed by atoms with Crippen molar-refractivity contribution >= 4 is 51.5 Å². The monoisotopic (exact) mass is 497 g/mol. The van der Waals surface area contributed by atoms with E-state index in [0.717, 1.165) is 38.7 Å². The molecular formula is C28H23N3O4S. The lowest BCUT2D eigenvalue weighted by Gasteiger charge is -2.14. The molecule has 0 radical (unpaired) electrons. The molecule has 0 unspecified atom stereocenters. The zero-order valence-corrected chi connectivity index (χ0v) is 20.3. The van der Waals surface area contributed by atoms with Gasteiger partial charge in [0.25, 0.3) is 11.1 Å². The zero-order valence-electron chi connectivity index (χ0n) is 19.5. The first-order chi connectivity index (χ1) is 17.5. The Morgan fingerprint density at radius 1 is 0.972 bits per heavy atom. The standard InChI is InChI=1S/C28H23N3O4S/c1-35-24-14-8-6-12-22(24)29-26(32)18-31-27(33)25(36-28(31)34)15-20-17-30(16-19-9-3-2-4-10-19)23-13-7-5-11-21(20)23/h2-15,17H,16,18H2,1H3,(H,29,32)/b25-15-. The number of benzene rings is 3. The second-order valence-electron chi connectivity index (χ2n) is 8.23. The van der Waals surface area contributed by atoms with Crippen molar-refractivity contribution in [3.05, 3.63) is 101 Å². The fraction of sp³-hybridized carbons (Fsp3) is 0.107. The Labute approximate surface area is 212 Å². The molecule has 7 nitrogen and oxygen atoms in total. The van der Waals surface area contributed by atoms with E-state index in [2.05, 4.69) is 22.0 Å². The lowest BCUT2D eigenvalue weighted by Crippen LogP contribution is -2.36. The lowest BCUT2D eigenvalue weighted by atomic mass is 10.1. The highest BCUT2D eigenvalue weighted by molar-refractivity contribution is 8.18. The maximum Gasteiger partial charge on any atom is 0.294 e. The van der Waals surface area contributed by atoms with Gasteiger partial charge in [0.05, 0.1) is 17.7 Å². The number of hydrogen-bond acceptors (Lipinski definition) is 5. The molecular weight excluding hydrogens is 474 g/mol. The van der Waals surface area contributed by atoms with Crippen LogP contribution in [0.15, 0.2) is 90.0 Å². The van der Waals surface area contributed by atoms with Crippen LogP contribution >= 0.6 is 11.8 Å². The predicted octanol–water partition coefficient (Wildman–Crippen LogP) is 5.37. The Hall–Kier alpha value is -4.30. The topological polar surface area (TPSA) is 80.6 Å². The number of nitrogens with one attached hydrogen (secondary N) is 1. The minimum Gasteiger partial charge on any atom is -0.495 e. The van der Waals surface area contributed by atoms with Gasteiger partial charge >= 0.3 is 0 Å². The van der Waals surface area contributed by atoms with Gasteiger partial charge in [0, 0.05) is 29.2 Å². The average molecular weight is 498 g/mol. The quantitative estimate of drug-likeness (QED) is 0.347. The van der Waals surface area contributed by atoms with Gasteiger partial charge in [0.15, 0.2) is 0 Å². The zero-order chi connectivity index (χ0) is 25.1. The SMILES string of the molecule is COc1ccccc1NC(=O)CN1C(=O)S/C(=C\c2cn(Cc3ccccc3)c3ccccc23)C1=O. The van der Waals surface area contributed by atoms with Crippen LogP contribution in [0.5, 0.6) is 5.75 Å². The molecule has 0 aliphatic carbocycles. The Balaban J connectivity index is 1.37. The summed E-state index contributed by atoms with van der Waals surface area (Å²) in [4.78, 5) is 39.5. The largest absolute Gasteiger partial charge is 0.495 e. The third-order valence-corrected chi connectivity index (χ3v) is 6.77. The number of rotatable bonds is 7. The van der Waals surface area contributed by atoms with Crippen LogP contribution in [0.4, 0.5) is 10.5 Å². The first-order valence-electron chi connectivity index (χ1n) is 11.3. The van der Waals surface area contributed by atoms with Crippen molar-refractivity contribution in [1.29, 1.82) is 0 Å². The summed E-state index contributed by atoms with van der Waals surface area (Å²) in [5.41, 5.74) is 3.50. The summed E-state index contributed by atoms with van der Waals surface area (Å²) in [6, 6.07) is 25.0. The van der Waals surface area contributed by atoms with Crippen molar-refractivity contribution in [2.45, 2.75) is 6.54 Å². The first-order valence-corrected chi connectivity index (χ1v) is 12.1. The van der Waals surface area contributed by atoms with Crippen molar-refractivity contribution in [3.63, 3.8) is 0 Å². The molecule has 36 heavy (non-hydrogen) atoms. The van der Waals surface area contributed by atoms with Crippen LogP contribution in [0, 0.1) is 0 Å². The number of ether oxygens (including phenoxy) is 1. The Bertz CT molecular complexity index is 1490. The maximum atomic E-state index is 13.1. The van der Waals surface area contributed by atoms with Crippen LogP contribution in [-0.2, 0) is 16.1 Å². The van der Waals surface area contributed by atoms with Gasteiger partial charge in [-0.25, -0.2) is 0 Å². The number of fused-ring (bicyclic) bond motifs is 1. The van der Waals surface area contributed by atoms with Crippen molar-refractivity contribution in [3.8, 4) is 5.75 Å². The predicted molar refractivity (Wildman–Crippen MR) is 142 cm³/mol. The van der Waals surface area contributed by atoms with Crippen molar-refractivity contribution in [2.24, 2.45) is 0 Å². The minimum absolute atomic E-state index is 0.285. The van der Waals surface area contributed by atoms with E-state index in [9.17, 15) is 14.4 Å². The molecule has 8 heteroatoms. The summed E-state index contributed by atoms with van der Waals surface area (Å²) in [6.45, 7) is 0.301. The third-order valence-electron chi connectivity index (χ3n) is 5.86.